The molecule has 0 saturated carbocycles. The molecule has 2 amide bonds. The molecule has 0 aliphatic carbocycles. The van der Waals surface area contributed by atoms with Crippen molar-refractivity contribution in [2.45, 2.75) is 28.9 Å². The number of hydrogen-bond acceptors (Lipinski definition) is 8. The number of aromatic nitrogens is 1. The van der Waals surface area contributed by atoms with Crippen LogP contribution in [0.25, 0.3) is 10.6 Å². The van der Waals surface area contributed by atoms with E-state index in [-0.39, 0.29) is 46.3 Å². The van der Waals surface area contributed by atoms with E-state index in [4.69, 9.17) is 4.74 Å². The fraction of sp³-hybridized carbons (Fsp3) is 0.233. The average molecular weight is 645 g/mol. The van der Waals surface area contributed by atoms with Crippen molar-refractivity contribution < 1.29 is 35.9 Å². The van der Waals surface area contributed by atoms with E-state index in [1.165, 1.54) is 53.6 Å². The molecule has 5 rings (SSSR count). The van der Waals surface area contributed by atoms with Crippen molar-refractivity contribution in [1.29, 1.82) is 0 Å². The van der Waals surface area contributed by atoms with Gasteiger partial charge in [0.1, 0.15) is 10.8 Å². The van der Waals surface area contributed by atoms with Crippen LogP contribution >= 0.6 is 11.3 Å². The van der Waals surface area contributed by atoms with E-state index in [1.54, 1.807) is 30.5 Å². The van der Waals surface area contributed by atoms with Crippen molar-refractivity contribution in [2.24, 2.45) is 0 Å². The highest BCUT2D eigenvalue weighted by Gasteiger charge is 2.31. The molecule has 0 saturated heterocycles. The van der Waals surface area contributed by atoms with Gasteiger partial charge in [-0.3, -0.25) is 14.5 Å². The minimum absolute atomic E-state index is 0.0279. The first-order valence-corrected chi connectivity index (χ1v) is 15.7. The van der Waals surface area contributed by atoms with Crippen LogP contribution in [0.5, 0.6) is 5.75 Å². The summed E-state index contributed by atoms with van der Waals surface area (Å²) in [5.41, 5.74) is 1.07. The molecule has 9 nitrogen and oxygen atoms in total. The van der Waals surface area contributed by atoms with E-state index in [2.05, 4.69) is 15.6 Å². The van der Waals surface area contributed by atoms with E-state index in [9.17, 15) is 31.2 Å². The topological polar surface area (TPSA) is 118 Å². The number of alkyl halides is 3. The quantitative estimate of drug-likeness (QED) is 0.222. The number of carbonyl (C=O) groups is 2. The summed E-state index contributed by atoms with van der Waals surface area (Å²) in [4.78, 5) is 31.8. The number of carbonyl (C=O) groups excluding carboxylic acids is 2. The molecule has 1 aliphatic heterocycles. The molecular weight excluding hydrogens is 617 g/mol. The molecule has 4 aromatic rings. The van der Waals surface area contributed by atoms with Crippen LogP contribution in [0.2, 0.25) is 0 Å². The van der Waals surface area contributed by atoms with Gasteiger partial charge in [0.25, 0.3) is 11.8 Å². The lowest BCUT2D eigenvalue weighted by atomic mass is 10.1. The number of thiazole rings is 1. The van der Waals surface area contributed by atoms with Crippen molar-refractivity contribution in [3.8, 4) is 16.3 Å². The predicted molar refractivity (Wildman–Crippen MR) is 159 cm³/mol. The first-order chi connectivity index (χ1) is 20.9. The van der Waals surface area contributed by atoms with Gasteiger partial charge >= 0.3 is 6.18 Å². The number of nitrogens with zero attached hydrogens (tertiary/aromatic N) is 2. The highest BCUT2D eigenvalue weighted by atomic mass is 32.2. The van der Waals surface area contributed by atoms with Crippen LogP contribution in [0.15, 0.2) is 82.7 Å². The molecule has 1 aromatic heterocycles. The Labute approximate surface area is 255 Å². The maximum absolute atomic E-state index is 13.2. The summed E-state index contributed by atoms with van der Waals surface area (Å²) >= 11 is 1.38. The zero-order valence-corrected chi connectivity index (χ0v) is 25.0. The smallest absolute Gasteiger partial charge is 0.401 e. The standard InChI is InChI=1S/C30H27F3N4O5S2/c1-37(18-30(31,32)33)13-4-14-42-21-10-7-19(8-11-21)29-35-17-22(43-29)16-34-27(38)20-9-12-26-24(15-20)36-28(39)23-5-2-3-6-25(23)44(26,40)41/h2-3,5-12,15,17H,4,13-14,16,18H2,1H3,(H,34,38)(H,36,39). The fourth-order valence-electron chi connectivity index (χ4n) is 4.60. The Morgan fingerprint density at radius 1 is 1.07 bits per heavy atom. The van der Waals surface area contributed by atoms with E-state index < -0.39 is 34.4 Å². The van der Waals surface area contributed by atoms with E-state index >= 15 is 0 Å². The van der Waals surface area contributed by atoms with Crippen molar-refractivity contribution in [1.82, 2.24) is 15.2 Å². The molecule has 44 heavy (non-hydrogen) atoms. The summed E-state index contributed by atoms with van der Waals surface area (Å²) in [6.07, 6.45) is -2.14. The Morgan fingerprint density at radius 3 is 2.57 bits per heavy atom. The third-order valence-electron chi connectivity index (χ3n) is 6.68. The van der Waals surface area contributed by atoms with Gasteiger partial charge in [0.05, 0.1) is 40.7 Å². The van der Waals surface area contributed by atoms with E-state index in [0.29, 0.717) is 17.2 Å². The number of fused-ring (bicyclic) bond motifs is 2. The fourth-order valence-corrected chi connectivity index (χ4v) is 7.04. The number of hydrogen-bond donors (Lipinski definition) is 2. The maximum Gasteiger partial charge on any atom is 0.401 e. The summed E-state index contributed by atoms with van der Waals surface area (Å²) in [6.45, 7) is -0.247. The maximum atomic E-state index is 13.2. The number of anilines is 1. The van der Waals surface area contributed by atoms with Crippen molar-refractivity contribution in [3.63, 3.8) is 0 Å². The van der Waals surface area contributed by atoms with Crippen LogP contribution in [0.3, 0.4) is 0 Å². The zero-order valence-electron chi connectivity index (χ0n) is 23.3. The SMILES string of the molecule is CN(CCCOc1ccc(-c2ncc(CNC(=O)c3ccc4c(c3)NC(=O)c3ccccc3S4(=O)=O)s2)cc1)CC(F)(F)F. The largest absolute Gasteiger partial charge is 0.494 e. The van der Waals surface area contributed by atoms with Gasteiger partial charge in [0.15, 0.2) is 0 Å². The highest BCUT2D eigenvalue weighted by molar-refractivity contribution is 7.91. The molecule has 1 aliphatic rings. The molecular formula is C30H27F3N4O5S2. The molecule has 0 fully saturated rings. The summed E-state index contributed by atoms with van der Waals surface area (Å²) in [5, 5.41) is 6.11. The third-order valence-corrected chi connectivity index (χ3v) is 9.60. The molecule has 2 N–H and O–H groups in total. The highest BCUT2D eigenvalue weighted by Crippen LogP contribution is 2.34. The number of sulfone groups is 1. The normalized spacial score (nSPS) is 13.9. The van der Waals surface area contributed by atoms with Gasteiger partial charge in [-0.25, -0.2) is 13.4 Å². The molecule has 0 radical (unpaired) electrons. The second kappa shape index (κ2) is 12.8. The van der Waals surface area contributed by atoms with Gasteiger partial charge in [-0.15, -0.1) is 11.3 Å². The minimum atomic E-state index is -4.23. The second-order valence-electron chi connectivity index (χ2n) is 10.1. The van der Waals surface area contributed by atoms with Crippen molar-refractivity contribution in [3.05, 3.63) is 88.9 Å². The van der Waals surface area contributed by atoms with Gasteiger partial charge in [-0.05, 0) is 68.1 Å². The lowest BCUT2D eigenvalue weighted by Gasteiger charge is -2.18. The van der Waals surface area contributed by atoms with Crippen LogP contribution in [0.4, 0.5) is 18.9 Å². The van der Waals surface area contributed by atoms with Crippen LogP contribution in [0.1, 0.15) is 32.0 Å². The lowest BCUT2D eigenvalue weighted by molar-refractivity contribution is -0.143. The van der Waals surface area contributed by atoms with Gasteiger partial charge in [0, 0.05) is 28.7 Å². The average Bonchev–Trinajstić information content (AvgIpc) is 3.43. The first kappa shape index (κ1) is 31.2. The number of rotatable bonds is 10. The summed E-state index contributed by atoms with van der Waals surface area (Å²) < 4.78 is 69.2. The van der Waals surface area contributed by atoms with Crippen LogP contribution in [-0.2, 0) is 16.4 Å². The van der Waals surface area contributed by atoms with Crippen molar-refractivity contribution >= 4 is 38.7 Å². The zero-order chi connectivity index (χ0) is 31.5. The molecule has 3 aromatic carbocycles. The Bertz CT molecular complexity index is 1790. The van der Waals surface area contributed by atoms with Gasteiger partial charge in [-0.1, -0.05) is 12.1 Å². The first-order valence-electron chi connectivity index (χ1n) is 13.4. The number of benzene rings is 3. The minimum Gasteiger partial charge on any atom is -0.494 e. The molecule has 14 heteroatoms. The number of nitrogens with one attached hydrogen (secondary N) is 2. The molecule has 0 unspecified atom stereocenters. The Hall–Kier alpha value is -4.27. The van der Waals surface area contributed by atoms with Crippen LogP contribution < -0.4 is 15.4 Å². The van der Waals surface area contributed by atoms with Gasteiger partial charge in [0.2, 0.25) is 9.84 Å². The monoisotopic (exact) mass is 644 g/mol. The van der Waals surface area contributed by atoms with E-state index in [1.807, 2.05) is 12.1 Å². The van der Waals surface area contributed by atoms with Gasteiger partial charge in [-0.2, -0.15) is 13.2 Å². The Balaban J connectivity index is 1.16. The number of halogens is 3. The lowest BCUT2D eigenvalue weighted by Crippen LogP contribution is -2.32. The second-order valence-corrected chi connectivity index (χ2v) is 13.1. The van der Waals surface area contributed by atoms with E-state index in [0.717, 1.165) is 10.4 Å². The van der Waals surface area contributed by atoms with Gasteiger partial charge < -0.3 is 15.4 Å². The number of ether oxygens (including phenoxy) is 1. The Kier molecular flexibility index (Phi) is 9.04. The molecule has 0 spiro atoms. The third kappa shape index (κ3) is 7.26. The summed E-state index contributed by atoms with van der Waals surface area (Å²) in [5.74, 6) is -0.447. The summed E-state index contributed by atoms with van der Waals surface area (Å²) in [7, 11) is -2.56. The molecule has 2 heterocycles. The van der Waals surface area contributed by atoms with Crippen LogP contribution in [0, 0.1) is 0 Å². The Morgan fingerprint density at radius 2 is 1.82 bits per heavy atom. The molecule has 230 valence electrons. The predicted octanol–water partition coefficient (Wildman–Crippen LogP) is 5.40. The molecule has 0 atom stereocenters. The summed E-state index contributed by atoms with van der Waals surface area (Å²) in [6, 6.07) is 17.1. The van der Waals surface area contributed by atoms with Crippen LogP contribution in [-0.4, -0.2) is 63.0 Å². The number of amides is 2. The molecule has 0 bridgehead atoms. The van der Waals surface area contributed by atoms with Crippen molar-refractivity contribution in [2.75, 3.05) is 32.1 Å².